The maximum atomic E-state index is 12.4. The summed E-state index contributed by atoms with van der Waals surface area (Å²) in [4.78, 5) is 58.4. The fraction of sp³-hybridized carbons (Fsp3) is 0.688. The number of carboxylic acid groups (broad SMARTS) is 2. The number of hydrogen-bond acceptors (Lipinski definition) is 8. The molecule has 13 heteroatoms. The van der Waals surface area contributed by atoms with Crippen molar-refractivity contribution in [3.8, 4) is 0 Å². The average Bonchev–Trinajstić information content (AvgIpc) is 3.21. The summed E-state index contributed by atoms with van der Waals surface area (Å²) in [5.74, 6) is -4.92. The molecule has 3 amide bonds. The Kier molecular flexibility index (Phi) is 10.4. The second-order valence-corrected chi connectivity index (χ2v) is 6.83. The van der Waals surface area contributed by atoms with E-state index in [4.69, 9.17) is 10.2 Å². The topological polar surface area (TPSA) is 194 Å². The standard InChI is InChI=1S/C16H26N4O8S/c21-6-10(14(25)18-9(16(27)28)3-4-12(22)23)19-15(26)11(7-29)20-13(24)8-2-1-5-17-8/h8-11,17,21,29H,1-7H2,(H,18,25)(H,19,26)(H,20,24)(H,22,23)(H,27,28). The fourth-order valence-corrected chi connectivity index (χ4v) is 2.90. The van der Waals surface area contributed by atoms with Gasteiger partial charge in [0.15, 0.2) is 0 Å². The fourth-order valence-electron chi connectivity index (χ4n) is 2.64. The van der Waals surface area contributed by atoms with Crippen LogP contribution in [-0.2, 0) is 24.0 Å². The minimum absolute atomic E-state index is 0.0690. The number of aliphatic hydroxyl groups excluding tert-OH is 1. The van der Waals surface area contributed by atoms with Crippen LogP contribution in [0, 0.1) is 0 Å². The first-order valence-electron chi connectivity index (χ1n) is 9.00. The number of aliphatic carboxylic acids is 2. The van der Waals surface area contributed by atoms with Crippen molar-refractivity contribution in [2.45, 2.75) is 49.9 Å². The van der Waals surface area contributed by atoms with E-state index in [9.17, 15) is 29.1 Å². The molecule has 0 aromatic rings. The van der Waals surface area contributed by atoms with Gasteiger partial charge in [-0.2, -0.15) is 12.6 Å². The Bertz CT molecular complexity index is 626. The van der Waals surface area contributed by atoms with E-state index >= 15 is 0 Å². The Balaban J connectivity index is 2.66. The van der Waals surface area contributed by atoms with Crippen LogP contribution in [0.15, 0.2) is 0 Å². The zero-order valence-electron chi connectivity index (χ0n) is 15.6. The molecule has 0 aliphatic carbocycles. The van der Waals surface area contributed by atoms with Crippen LogP contribution >= 0.6 is 12.6 Å². The monoisotopic (exact) mass is 434 g/mol. The SMILES string of the molecule is O=C(O)CCC(NC(=O)C(CO)NC(=O)C(CS)NC(=O)C1CCCN1)C(=O)O. The largest absolute Gasteiger partial charge is 0.481 e. The van der Waals surface area contributed by atoms with Crippen molar-refractivity contribution in [2.24, 2.45) is 0 Å². The van der Waals surface area contributed by atoms with Crippen LogP contribution in [0.3, 0.4) is 0 Å². The molecule has 12 nitrogen and oxygen atoms in total. The normalized spacial score (nSPS) is 18.9. The van der Waals surface area contributed by atoms with E-state index in [0.717, 1.165) is 6.42 Å². The predicted octanol–water partition coefficient (Wildman–Crippen LogP) is -2.94. The van der Waals surface area contributed by atoms with E-state index in [-0.39, 0.29) is 18.1 Å². The Morgan fingerprint density at radius 1 is 1.00 bits per heavy atom. The number of carbonyl (C=O) groups excluding carboxylic acids is 3. The molecule has 1 fully saturated rings. The number of nitrogens with one attached hydrogen (secondary N) is 4. The zero-order valence-corrected chi connectivity index (χ0v) is 16.5. The molecule has 164 valence electrons. The van der Waals surface area contributed by atoms with Crippen molar-refractivity contribution < 1.29 is 39.3 Å². The molecule has 0 aromatic heterocycles. The molecule has 1 rings (SSSR count). The molecule has 1 heterocycles. The third-order valence-corrected chi connectivity index (χ3v) is 4.63. The van der Waals surface area contributed by atoms with E-state index in [1.165, 1.54) is 0 Å². The highest BCUT2D eigenvalue weighted by molar-refractivity contribution is 7.80. The van der Waals surface area contributed by atoms with Gasteiger partial charge >= 0.3 is 11.9 Å². The molecular formula is C16H26N4O8S. The highest BCUT2D eigenvalue weighted by atomic mass is 32.1. The zero-order chi connectivity index (χ0) is 22.0. The molecule has 1 saturated heterocycles. The van der Waals surface area contributed by atoms with Crippen LogP contribution in [-0.4, -0.2) is 88.1 Å². The summed E-state index contributed by atoms with van der Waals surface area (Å²) >= 11 is 4.01. The van der Waals surface area contributed by atoms with Gasteiger partial charge in [0.25, 0.3) is 0 Å². The highest BCUT2D eigenvalue weighted by Gasteiger charge is 2.30. The first kappa shape index (κ1) is 24.7. The van der Waals surface area contributed by atoms with Crippen LogP contribution in [0.2, 0.25) is 0 Å². The van der Waals surface area contributed by atoms with Crippen molar-refractivity contribution in [1.29, 1.82) is 0 Å². The van der Waals surface area contributed by atoms with Gasteiger partial charge in [0, 0.05) is 12.2 Å². The number of thiol groups is 1. The highest BCUT2D eigenvalue weighted by Crippen LogP contribution is 2.05. The lowest BCUT2D eigenvalue weighted by Crippen LogP contribution is -2.58. The van der Waals surface area contributed by atoms with Crippen molar-refractivity contribution >= 4 is 42.3 Å². The van der Waals surface area contributed by atoms with Gasteiger partial charge in [0.2, 0.25) is 17.7 Å². The Hall–Kier alpha value is -2.38. The van der Waals surface area contributed by atoms with Crippen LogP contribution in [0.4, 0.5) is 0 Å². The molecule has 0 bridgehead atoms. The van der Waals surface area contributed by atoms with Crippen molar-refractivity contribution in [2.75, 3.05) is 18.9 Å². The van der Waals surface area contributed by atoms with Gasteiger partial charge in [-0.25, -0.2) is 4.79 Å². The summed E-state index contributed by atoms with van der Waals surface area (Å²) in [6.45, 7) is -0.143. The van der Waals surface area contributed by atoms with Crippen LogP contribution in [0.25, 0.3) is 0 Å². The second kappa shape index (κ2) is 12.2. The molecule has 0 radical (unpaired) electrons. The molecular weight excluding hydrogens is 408 g/mol. The number of hydrogen-bond donors (Lipinski definition) is 8. The van der Waals surface area contributed by atoms with Gasteiger partial charge in [0.1, 0.15) is 18.1 Å². The summed E-state index contributed by atoms with van der Waals surface area (Å²) in [5.41, 5.74) is 0. The first-order valence-corrected chi connectivity index (χ1v) is 9.63. The van der Waals surface area contributed by atoms with Gasteiger partial charge in [-0.05, 0) is 25.8 Å². The number of rotatable bonds is 12. The summed E-state index contributed by atoms with van der Waals surface area (Å²) < 4.78 is 0. The van der Waals surface area contributed by atoms with E-state index < -0.39 is 60.9 Å². The molecule has 4 unspecified atom stereocenters. The first-order chi connectivity index (χ1) is 13.7. The number of carbonyl (C=O) groups is 5. The molecule has 0 spiro atoms. The summed E-state index contributed by atoms with van der Waals surface area (Å²) in [5, 5.41) is 36.9. The Morgan fingerprint density at radius 2 is 1.62 bits per heavy atom. The summed E-state index contributed by atoms with van der Waals surface area (Å²) in [7, 11) is 0. The number of aliphatic hydroxyl groups is 1. The molecule has 7 N–H and O–H groups in total. The van der Waals surface area contributed by atoms with E-state index in [1.807, 2.05) is 0 Å². The lowest BCUT2D eigenvalue weighted by atomic mass is 10.1. The molecule has 1 aliphatic heterocycles. The molecule has 29 heavy (non-hydrogen) atoms. The quantitative estimate of drug-likeness (QED) is 0.148. The van der Waals surface area contributed by atoms with Crippen molar-refractivity contribution in [1.82, 2.24) is 21.3 Å². The maximum absolute atomic E-state index is 12.4. The van der Waals surface area contributed by atoms with Gasteiger partial charge in [-0.3, -0.25) is 19.2 Å². The molecule has 0 saturated carbocycles. The third-order valence-electron chi connectivity index (χ3n) is 4.27. The van der Waals surface area contributed by atoms with Crippen molar-refractivity contribution in [3.05, 3.63) is 0 Å². The van der Waals surface area contributed by atoms with Gasteiger partial charge in [0.05, 0.1) is 12.6 Å². The van der Waals surface area contributed by atoms with E-state index in [2.05, 4.69) is 33.9 Å². The Labute approximate surface area is 172 Å². The predicted molar refractivity (Wildman–Crippen MR) is 102 cm³/mol. The van der Waals surface area contributed by atoms with Gasteiger partial charge in [-0.1, -0.05) is 0 Å². The van der Waals surface area contributed by atoms with E-state index in [1.54, 1.807) is 0 Å². The molecule has 1 aliphatic rings. The van der Waals surface area contributed by atoms with Crippen LogP contribution in [0.1, 0.15) is 25.7 Å². The smallest absolute Gasteiger partial charge is 0.326 e. The number of amides is 3. The lowest BCUT2D eigenvalue weighted by Gasteiger charge is -2.23. The summed E-state index contributed by atoms with van der Waals surface area (Å²) in [6, 6.07) is -4.48. The summed E-state index contributed by atoms with van der Waals surface area (Å²) in [6.07, 6.45) is 0.596. The molecule has 4 atom stereocenters. The van der Waals surface area contributed by atoms with Crippen LogP contribution < -0.4 is 21.3 Å². The minimum Gasteiger partial charge on any atom is -0.481 e. The minimum atomic E-state index is -1.50. The lowest BCUT2D eigenvalue weighted by molar-refractivity contribution is -0.143. The number of carboxylic acids is 2. The van der Waals surface area contributed by atoms with Crippen LogP contribution in [0.5, 0.6) is 0 Å². The van der Waals surface area contributed by atoms with E-state index in [0.29, 0.717) is 13.0 Å². The Morgan fingerprint density at radius 3 is 2.10 bits per heavy atom. The van der Waals surface area contributed by atoms with Gasteiger partial charge < -0.3 is 36.6 Å². The van der Waals surface area contributed by atoms with Crippen molar-refractivity contribution in [3.63, 3.8) is 0 Å². The average molecular weight is 434 g/mol. The maximum Gasteiger partial charge on any atom is 0.326 e. The molecule has 0 aromatic carbocycles. The second-order valence-electron chi connectivity index (χ2n) is 6.47. The van der Waals surface area contributed by atoms with Gasteiger partial charge in [-0.15, -0.1) is 0 Å². The third kappa shape index (κ3) is 8.25.